The van der Waals surface area contributed by atoms with Crippen molar-refractivity contribution in [1.82, 2.24) is 35.4 Å². The lowest BCUT2D eigenvalue weighted by atomic mass is 10.0. The van der Waals surface area contributed by atoms with Crippen LogP contribution in [0.5, 0.6) is 5.88 Å². The summed E-state index contributed by atoms with van der Waals surface area (Å²) in [6.07, 6.45) is 7.29. The number of amides is 4. The van der Waals surface area contributed by atoms with Gasteiger partial charge in [0.05, 0.1) is 22.3 Å². The molecule has 5 unspecified atom stereocenters. The summed E-state index contributed by atoms with van der Waals surface area (Å²) in [6, 6.07) is 5.30. The third-order valence-corrected chi connectivity index (χ3v) is 12.8. The topological polar surface area (TPSA) is 203 Å². The summed E-state index contributed by atoms with van der Waals surface area (Å²) in [5.74, 6) is -7.46. The quantitative estimate of drug-likeness (QED) is 0.284. The molecule has 1 saturated heterocycles. The third-order valence-electron chi connectivity index (χ3n) is 10.7. The van der Waals surface area contributed by atoms with E-state index in [0.717, 1.165) is 6.42 Å². The largest absolute Gasteiger partial charge is 0.471 e. The van der Waals surface area contributed by atoms with Gasteiger partial charge in [-0.05, 0) is 57.6 Å². The number of halogens is 2. The SMILES string of the molecule is CC(F)(F)c1nc2ccccc2nc1OC1CC2C(=O)NC3(C(=O)NS(=O)(=O)C4(C)CC4)CC3C=CCCCCCC(NC(=O)c3ccon3)C(=O)N2C1. The van der Waals surface area contributed by atoms with Crippen LogP contribution in [0, 0.1) is 5.92 Å². The average Bonchev–Trinajstić information content (AvgIpc) is 3.87. The lowest BCUT2D eigenvalue weighted by Gasteiger charge is -2.30. The minimum Gasteiger partial charge on any atom is -0.471 e. The molecule has 4 heterocycles. The van der Waals surface area contributed by atoms with Crippen molar-refractivity contribution in [2.45, 2.75) is 106 Å². The van der Waals surface area contributed by atoms with Gasteiger partial charge in [0.25, 0.3) is 17.7 Å². The Hall–Kier alpha value is -5.00. The van der Waals surface area contributed by atoms with Crippen molar-refractivity contribution in [2.24, 2.45) is 5.92 Å². The molecule has 0 spiro atoms. The molecule has 288 valence electrons. The van der Waals surface area contributed by atoms with Gasteiger partial charge in [0.1, 0.15) is 30.0 Å². The molecule has 3 aromatic rings. The van der Waals surface area contributed by atoms with Crippen molar-refractivity contribution in [1.29, 1.82) is 0 Å². The Morgan fingerprint density at radius 2 is 1.83 bits per heavy atom. The minimum atomic E-state index is -4.05. The molecule has 0 radical (unpaired) electrons. The summed E-state index contributed by atoms with van der Waals surface area (Å²) in [5, 5.41) is 9.13. The van der Waals surface area contributed by atoms with E-state index in [1.165, 1.54) is 23.3 Å². The fraction of sp³-hybridized carbons (Fsp3) is 0.528. The highest BCUT2D eigenvalue weighted by Crippen LogP contribution is 2.47. The van der Waals surface area contributed by atoms with E-state index >= 15 is 0 Å². The van der Waals surface area contributed by atoms with Crippen LogP contribution in [0.4, 0.5) is 8.78 Å². The van der Waals surface area contributed by atoms with Gasteiger partial charge in [-0.2, -0.15) is 8.78 Å². The lowest BCUT2D eigenvalue weighted by molar-refractivity contribution is -0.141. The maximum atomic E-state index is 14.9. The number of rotatable bonds is 8. The molecule has 5 atom stereocenters. The molecule has 2 aliphatic carbocycles. The Balaban J connectivity index is 1.22. The molecule has 54 heavy (non-hydrogen) atoms. The summed E-state index contributed by atoms with van der Waals surface area (Å²) in [6.45, 7) is 1.93. The number of allylic oxidation sites excluding steroid dienone is 1. The van der Waals surface area contributed by atoms with Crippen molar-refractivity contribution in [3.8, 4) is 5.88 Å². The Morgan fingerprint density at radius 1 is 1.09 bits per heavy atom. The minimum absolute atomic E-state index is 0.0635. The Morgan fingerprint density at radius 3 is 2.52 bits per heavy atom. The first-order chi connectivity index (χ1) is 25.6. The summed E-state index contributed by atoms with van der Waals surface area (Å²) < 4.78 is 68.0. The second-order valence-electron chi connectivity index (χ2n) is 14.9. The van der Waals surface area contributed by atoms with Crippen molar-refractivity contribution >= 4 is 44.7 Å². The summed E-state index contributed by atoms with van der Waals surface area (Å²) in [5.41, 5.74) is -1.91. The molecule has 4 aliphatic rings. The number of carbonyl (C=O) groups is 4. The average molecular weight is 770 g/mol. The number of hydrogen-bond donors (Lipinski definition) is 3. The van der Waals surface area contributed by atoms with Crippen molar-refractivity contribution in [3.05, 3.63) is 60.1 Å². The highest BCUT2D eigenvalue weighted by molar-refractivity contribution is 7.91. The Kier molecular flexibility index (Phi) is 9.68. The zero-order valence-corrected chi connectivity index (χ0v) is 30.5. The number of fused-ring (bicyclic) bond motifs is 3. The van der Waals surface area contributed by atoms with Crippen LogP contribution in [-0.2, 0) is 30.3 Å². The fourth-order valence-electron chi connectivity index (χ4n) is 7.02. The van der Waals surface area contributed by atoms with E-state index < -0.39 is 85.5 Å². The van der Waals surface area contributed by atoms with Gasteiger partial charge in [0, 0.05) is 25.3 Å². The molecule has 1 aromatic carbocycles. The predicted molar refractivity (Wildman–Crippen MR) is 187 cm³/mol. The third kappa shape index (κ3) is 7.39. The van der Waals surface area contributed by atoms with Gasteiger partial charge in [-0.1, -0.05) is 42.3 Å². The number of para-hydroxylation sites is 2. The number of benzene rings is 1. The van der Waals surface area contributed by atoms with Gasteiger partial charge in [-0.3, -0.25) is 23.9 Å². The molecule has 18 heteroatoms. The van der Waals surface area contributed by atoms with E-state index in [9.17, 15) is 36.4 Å². The molecule has 7 rings (SSSR count). The van der Waals surface area contributed by atoms with Crippen LogP contribution in [0.15, 0.2) is 53.3 Å². The summed E-state index contributed by atoms with van der Waals surface area (Å²) in [7, 11) is -4.05. The number of alkyl halides is 2. The fourth-order valence-corrected chi connectivity index (χ4v) is 8.33. The lowest BCUT2D eigenvalue weighted by Crippen LogP contribution is -2.58. The van der Waals surface area contributed by atoms with E-state index in [2.05, 4.69) is 30.5 Å². The van der Waals surface area contributed by atoms with Crippen LogP contribution in [0.25, 0.3) is 11.0 Å². The highest BCUT2D eigenvalue weighted by Gasteiger charge is 2.63. The van der Waals surface area contributed by atoms with Gasteiger partial charge in [-0.15, -0.1) is 0 Å². The predicted octanol–water partition coefficient (Wildman–Crippen LogP) is 3.27. The van der Waals surface area contributed by atoms with E-state index in [1.54, 1.807) is 31.2 Å². The number of hydrogen-bond acceptors (Lipinski definition) is 11. The van der Waals surface area contributed by atoms with Crippen LogP contribution >= 0.6 is 0 Å². The van der Waals surface area contributed by atoms with Crippen LogP contribution in [0.3, 0.4) is 0 Å². The smallest absolute Gasteiger partial charge is 0.292 e. The van der Waals surface area contributed by atoms with Gasteiger partial charge in [0.15, 0.2) is 11.4 Å². The molecular weight excluding hydrogens is 728 g/mol. The maximum absolute atomic E-state index is 14.9. The van der Waals surface area contributed by atoms with Gasteiger partial charge < -0.3 is 24.8 Å². The number of sulfonamides is 1. The van der Waals surface area contributed by atoms with Gasteiger partial charge >= 0.3 is 0 Å². The van der Waals surface area contributed by atoms with Gasteiger partial charge in [-0.25, -0.2) is 18.4 Å². The standard InChI is InChI=1S/C36H41F2N7O8S/c1-34(15-16-34)54(50,51)44-33(49)36-19-21(36)10-6-4-3-5-7-13-26(40-29(46)25-14-17-52-43-25)32(48)45-20-22(18-27(45)30(47)42-36)53-31-28(35(2,37)38)39-23-11-8-9-12-24(23)41-31/h6,8-12,14,17,21-22,26-27H,3-5,7,13,15-16,18-20H2,1-2H3,(H,40,46)(H,42,47)(H,44,49). The number of nitrogens with one attached hydrogen (secondary N) is 3. The number of carbonyl (C=O) groups excluding carboxylic acids is 4. The zero-order valence-electron chi connectivity index (χ0n) is 29.7. The van der Waals surface area contributed by atoms with Crippen LogP contribution < -0.4 is 20.1 Å². The maximum Gasteiger partial charge on any atom is 0.292 e. The van der Waals surface area contributed by atoms with Crippen molar-refractivity contribution < 1.29 is 45.6 Å². The number of aromatic nitrogens is 3. The van der Waals surface area contributed by atoms with E-state index in [-0.39, 0.29) is 42.5 Å². The van der Waals surface area contributed by atoms with Crippen molar-refractivity contribution in [2.75, 3.05) is 6.54 Å². The summed E-state index contributed by atoms with van der Waals surface area (Å²) >= 11 is 0. The molecule has 0 bridgehead atoms. The molecule has 3 N–H and O–H groups in total. The van der Waals surface area contributed by atoms with Gasteiger partial charge in [0.2, 0.25) is 27.7 Å². The molecular formula is C36H41F2N7O8S. The highest BCUT2D eigenvalue weighted by atomic mass is 32.2. The second kappa shape index (κ2) is 14.0. The molecule has 2 aromatic heterocycles. The van der Waals surface area contributed by atoms with E-state index in [4.69, 9.17) is 9.26 Å². The van der Waals surface area contributed by atoms with Crippen molar-refractivity contribution in [3.63, 3.8) is 0 Å². The van der Waals surface area contributed by atoms with Crippen LogP contribution in [0.1, 0.15) is 87.8 Å². The Bertz CT molecular complexity index is 2100. The molecule has 2 aliphatic heterocycles. The van der Waals surface area contributed by atoms with Crippen LogP contribution in [0.2, 0.25) is 0 Å². The molecule has 3 fully saturated rings. The first-order valence-electron chi connectivity index (χ1n) is 18.0. The van der Waals surface area contributed by atoms with E-state index in [1.807, 2.05) is 6.08 Å². The first kappa shape index (κ1) is 37.3. The monoisotopic (exact) mass is 769 g/mol. The van der Waals surface area contributed by atoms with Crippen LogP contribution in [-0.4, -0.2) is 87.1 Å². The molecule has 15 nitrogen and oxygen atoms in total. The van der Waals surface area contributed by atoms with E-state index in [0.29, 0.717) is 39.0 Å². The first-order valence-corrected chi connectivity index (χ1v) is 19.5. The molecule has 2 saturated carbocycles. The normalized spacial score (nSPS) is 27.1. The Labute approximate surface area is 309 Å². The zero-order chi connectivity index (χ0) is 38.5. The number of ether oxygens (including phenoxy) is 1. The number of nitrogens with zero attached hydrogens (tertiary/aromatic N) is 4. The summed E-state index contributed by atoms with van der Waals surface area (Å²) in [4.78, 5) is 65.3. The second-order valence-corrected chi connectivity index (χ2v) is 17.1. The molecule has 4 amide bonds.